The Labute approximate surface area is 116 Å². The molecule has 0 bridgehead atoms. The molecule has 0 heterocycles. The fourth-order valence-corrected chi connectivity index (χ4v) is 3.88. The van der Waals surface area contributed by atoms with E-state index in [4.69, 9.17) is 0 Å². The Morgan fingerprint density at radius 1 is 0.688 bits per heavy atom. The van der Waals surface area contributed by atoms with Crippen molar-refractivity contribution in [3.63, 3.8) is 0 Å². The van der Waals surface area contributed by atoms with Crippen molar-refractivity contribution in [2.75, 3.05) is 0 Å². The lowest BCUT2D eigenvalue weighted by Gasteiger charge is -2.27. The molecule has 90 valence electrons. The van der Waals surface area contributed by atoms with Crippen LogP contribution in [0.3, 0.4) is 0 Å². The van der Waals surface area contributed by atoms with Gasteiger partial charge in [-0.05, 0) is 28.0 Å². The normalized spacial score (nSPS) is 13.0. The van der Waals surface area contributed by atoms with Crippen molar-refractivity contribution in [3.05, 3.63) is 32.2 Å². The van der Waals surface area contributed by atoms with Gasteiger partial charge in [0.05, 0.1) is 0 Å². The quantitative estimate of drug-likeness (QED) is 0.555. The molecule has 0 amide bonds. The van der Waals surface area contributed by atoms with Gasteiger partial charge in [-0.15, -0.1) is 0 Å². The Morgan fingerprint density at radius 2 is 1.00 bits per heavy atom. The molecule has 1 rings (SSSR count). The third kappa shape index (κ3) is 3.10. The molecule has 0 radical (unpaired) electrons. The average molecular weight is 348 g/mol. The molecule has 2 heteroatoms. The Hall–Kier alpha value is 0.180. The van der Waals surface area contributed by atoms with Gasteiger partial charge in [0.15, 0.2) is 0 Å². The van der Waals surface area contributed by atoms with Crippen molar-refractivity contribution < 1.29 is 0 Å². The monoisotopic (exact) mass is 346 g/mol. The Balaban J connectivity index is 3.45. The Morgan fingerprint density at radius 3 is 1.25 bits per heavy atom. The van der Waals surface area contributed by atoms with Gasteiger partial charge < -0.3 is 0 Å². The molecule has 0 aliphatic carbocycles. The summed E-state index contributed by atoms with van der Waals surface area (Å²) >= 11 is 7.31. The van der Waals surface area contributed by atoms with Crippen LogP contribution in [0.25, 0.3) is 0 Å². The fourth-order valence-electron chi connectivity index (χ4n) is 1.70. The van der Waals surface area contributed by atoms with Crippen molar-refractivity contribution in [2.45, 2.75) is 52.4 Å². The zero-order valence-electron chi connectivity index (χ0n) is 10.9. The second-order valence-electron chi connectivity index (χ2n) is 6.31. The van der Waals surface area contributed by atoms with E-state index in [2.05, 4.69) is 85.5 Å². The summed E-state index contributed by atoms with van der Waals surface area (Å²) in [6.07, 6.45) is 0. The van der Waals surface area contributed by atoms with Gasteiger partial charge in [-0.2, -0.15) is 0 Å². The second kappa shape index (κ2) is 4.45. The van der Waals surface area contributed by atoms with Crippen LogP contribution >= 0.6 is 31.9 Å². The zero-order chi connectivity index (χ0) is 12.7. The van der Waals surface area contributed by atoms with Crippen molar-refractivity contribution >= 4 is 31.9 Å². The van der Waals surface area contributed by atoms with E-state index in [0.29, 0.717) is 0 Å². The van der Waals surface area contributed by atoms with Crippen LogP contribution in [0.4, 0.5) is 0 Å². The summed E-state index contributed by atoms with van der Waals surface area (Å²) in [6, 6.07) is 4.48. The second-order valence-corrected chi connectivity index (χ2v) is 8.02. The fraction of sp³-hybridized carbons (Fsp3) is 0.571. The highest BCUT2D eigenvalue weighted by molar-refractivity contribution is 9.11. The molecule has 0 aliphatic heterocycles. The minimum Gasteiger partial charge on any atom is -0.0560 e. The minimum atomic E-state index is 0.166. The lowest BCUT2D eigenvalue weighted by molar-refractivity contribution is 0.564. The molecule has 0 unspecified atom stereocenters. The van der Waals surface area contributed by atoms with E-state index in [1.54, 1.807) is 0 Å². The van der Waals surface area contributed by atoms with Gasteiger partial charge in [0.1, 0.15) is 0 Å². The summed E-state index contributed by atoms with van der Waals surface area (Å²) in [4.78, 5) is 0. The Bertz CT molecular complexity index is 357. The summed E-state index contributed by atoms with van der Waals surface area (Å²) < 4.78 is 2.36. The van der Waals surface area contributed by atoms with E-state index in [0.717, 1.165) is 0 Å². The van der Waals surface area contributed by atoms with Crippen molar-refractivity contribution in [1.82, 2.24) is 0 Å². The smallest absolute Gasteiger partial charge is 0.0224 e. The first-order chi connectivity index (χ1) is 7.03. The number of rotatable bonds is 0. The van der Waals surface area contributed by atoms with Gasteiger partial charge in [0.2, 0.25) is 0 Å². The SMILES string of the molecule is CC(C)(C)c1cc(C(C)(C)C)c(Br)cc1Br. The summed E-state index contributed by atoms with van der Waals surface area (Å²) in [5, 5.41) is 0. The molecule has 16 heavy (non-hydrogen) atoms. The highest BCUT2D eigenvalue weighted by Crippen LogP contribution is 2.38. The van der Waals surface area contributed by atoms with Crippen molar-refractivity contribution in [2.24, 2.45) is 0 Å². The van der Waals surface area contributed by atoms with Crippen LogP contribution in [-0.2, 0) is 10.8 Å². The molecule has 1 aromatic rings. The summed E-state index contributed by atoms with van der Waals surface area (Å²) in [6.45, 7) is 13.5. The highest BCUT2D eigenvalue weighted by atomic mass is 79.9. The van der Waals surface area contributed by atoms with Crippen LogP contribution < -0.4 is 0 Å². The van der Waals surface area contributed by atoms with Gasteiger partial charge >= 0.3 is 0 Å². The number of hydrogen-bond acceptors (Lipinski definition) is 0. The maximum atomic E-state index is 3.65. The van der Waals surface area contributed by atoms with E-state index in [-0.39, 0.29) is 10.8 Å². The molecular weight excluding hydrogens is 328 g/mol. The number of halogens is 2. The molecule has 0 nitrogen and oxygen atoms in total. The van der Waals surface area contributed by atoms with Crippen LogP contribution in [0.2, 0.25) is 0 Å². The summed E-state index contributed by atoms with van der Waals surface area (Å²) in [5.41, 5.74) is 3.06. The van der Waals surface area contributed by atoms with Gasteiger partial charge in [0, 0.05) is 8.95 Å². The third-order valence-corrected chi connectivity index (χ3v) is 3.98. The lowest BCUT2D eigenvalue weighted by Crippen LogP contribution is -2.17. The largest absolute Gasteiger partial charge is 0.0560 e. The van der Waals surface area contributed by atoms with E-state index < -0.39 is 0 Å². The molecule has 0 fully saturated rings. The minimum absolute atomic E-state index is 0.166. The van der Waals surface area contributed by atoms with Crippen LogP contribution in [-0.4, -0.2) is 0 Å². The van der Waals surface area contributed by atoms with Crippen LogP contribution in [0.5, 0.6) is 0 Å². The van der Waals surface area contributed by atoms with Gasteiger partial charge in [-0.3, -0.25) is 0 Å². The van der Waals surface area contributed by atoms with Gasteiger partial charge in [0.25, 0.3) is 0 Å². The first kappa shape index (κ1) is 14.2. The van der Waals surface area contributed by atoms with Gasteiger partial charge in [-0.25, -0.2) is 0 Å². The molecule has 0 spiro atoms. The standard InChI is InChI=1S/C14H20Br2/c1-13(2,3)9-7-10(14(4,5)6)12(16)8-11(9)15/h7-8H,1-6H3. The molecule has 0 atom stereocenters. The average Bonchev–Trinajstić information content (AvgIpc) is 1.97. The topological polar surface area (TPSA) is 0 Å². The van der Waals surface area contributed by atoms with Crippen LogP contribution in [0.1, 0.15) is 52.7 Å². The first-order valence-corrected chi connectivity index (χ1v) is 7.12. The highest BCUT2D eigenvalue weighted by Gasteiger charge is 2.23. The first-order valence-electron chi connectivity index (χ1n) is 5.53. The Kier molecular flexibility index (Phi) is 3.96. The zero-order valence-corrected chi connectivity index (χ0v) is 14.1. The molecule has 0 saturated carbocycles. The van der Waals surface area contributed by atoms with Crippen LogP contribution in [0.15, 0.2) is 21.1 Å². The van der Waals surface area contributed by atoms with Gasteiger partial charge in [-0.1, -0.05) is 79.5 Å². The predicted octanol–water partition coefficient (Wildman–Crippen LogP) is 5.81. The number of hydrogen-bond donors (Lipinski definition) is 0. The maximum Gasteiger partial charge on any atom is 0.0224 e. The lowest BCUT2D eigenvalue weighted by atomic mass is 9.81. The van der Waals surface area contributed by atoms with E-state index in [1.165, 1.54) is 20.1 Å². The van der Waals surface area contributed by atoms with Crippen molar-refractivity contribution in [3.8, 4) is 0 Å². The van der Waals surface area contributed by atoms with E-state index in [9.17, 15) is 0 Å². The number of benzene rings is 1. The molecule has 1 aromatic carbocycles. The maximum absolute atomic E-state index is 3.65. The third-order valence-electron chi connectivity index (χ3n) is 2.67. The molecule has 0 aromatic heterocycles. The molecule has 0 aliphatic rings. The van der Waals surface area contributed by atoms with Crippen LogP contribution in [0, 0.1) is 0 Å². The van der Waals surface area contributed by atoms with Crippen molar-refractivity contribution in [1.29, 1.82) is 0 Å². The predicted molar refractivity (Wildman–Crippen MR) is 79.2 cm³/mol. The van der Waals surface area contributed by atoms with E-state index in [1.807, 2.05) is 0 Å². The molecule has 0 N–H and O–H groups in total. The summed E-state index contributed by atoms with van der Waals surface area (Å²) in [5.74, 6) is 0. The summed E-state index contributed by atoms with van der Waals surface area (Å²) in [7, 11) is 0. The molecular formula is C14H20Br2. The van der Waals surface area contributed by atoms with E-state index >= 15 is 0 Å². The molecule has 0 saturated heterocycles.